The van der Waals surface area contributed by atoms with E-state index in [1.165, 1.54) is 11.8 Å². The highest BCUT2D eigenvalue weighted by Crippen LogP contribution is 2.23. The molecule has 1 aromatic carbocycles. The van der Waals surface area contributed by atoms with E-state index in [2.05, 4.69) is 4.74 Å². The fraction of sp³-hybridized carbons (Fsp3) is 0.312. The van der Waals surface area contributed by atoms with E-state index >= 15 is 0 Å². The number of carbonyl (C=O) groups excluding carboxylic acids is 2. The van der Waals surface area contributed by atoms with Gasteiger partial charge in [-0.2, -0.15) is 4.73 Å². The lowest BCUT2D eigenvalue weighted by Gasteiger charge is -2.20. The number of pyridine rings is 1. The molecule has 0 saturated carbocycles. The second kappa shape index (κ2) is 6.51. The predicted octanol–water partition coefficient (Wildman–Crippen LogP) is 1.15. The third-order valence-corrected chi connectivity index (χ3v) is 3.45. The summed E-state index contributed by atoms with van der Waals surface area (Å²) in [5.74, 6) is -1.53. The van der Waals surface area contributed by atoms with Crippen molar-refractivity contribution in [3.05, 3.63) is 45.7 Å². The monoisotopic (exact) mass is 319 g/mol. The maximum absolute atomic E-state index is 12.8. The molecule has 0 saturated heterocycles. The molecule has 7 heteroatoms. The maximum Gasteiger partial charge on any atom is 0.352 e. The van der Waals surface area contributed by atoms with Crippen LogP contribution in [-0.4, -0.2) is 30.9 Å². The van der Waals surface area contributed by atoms with E-state index in [-0.39, 0.29) is 5.56 Å². The van der Waals surface area contributed by atoms with E-state index < -0.39 is 23.5 Å². The van der Waals surface area contributed by atoms with Gasteiger partial charge in [0.1, 0.15) is 7.11 Å². The number of fused-ring (bicyclic) bond motifs is 1. The maximum atomic E-state index is 12.8. The Morgan fingerprint density at radius 1 is 1.17 bits per heavy atom. The number of nitrogens with zero attached hydrogens (tertiary/aromatic N) is 1. The number of ether oxygens (including phenoxy) is 2. The zero-order chi connectivity index (χ0) is 17.1. The highest BCUT2D eigenvalue weighted by molar-refractivity contribution is 5.84. The number of hydrogen-bond acceptors (Lipinski definition) is 6. The lowest BCUT2D eigenvalue weighted by molar-refractivity contribution is -0.165. The molecule has 1 aromatic heterocycles. The summed E-state index contributed by atoms with van der Waals surface area (Å²) >= 11 is 0. The fourth-order valence-electron chi connectivity index (χ4n) is 2.48. The Balaban J connectivity index is 2.84. The van der Waals surface area contributed by atoms with Crippen LogP contribution in [0.2, 0.25) is 0 Å². The van der Waals surface area contributed by atoms with E-state index in [0.29, 0.717) is 16.6 Å². The van der Waals surface area contributed by atoms with E-state index in [1.54, 1.807) is 31.2 Å². The molecular weight excluding hydrogens is 302 g/mol. The molecule has 2 rings (SSSR count). The number of esters is 2. The smallest absolute Gasteiger partial charge is 0.352 e. The standard InChI is InChI=1S/C16H17NO6/c1-9-13(15(16(20)21-3)23-10(2)18)14(19)11-7-5-6-8-12(11)17(9)22-4/h5-8,15H,1-4H3. The lowest BCUT2D eigenvalue weighted by Crippen LogP contribution is -2.30. The Kier molecular flexibility index (Phi) is 4.68. The van der Waals surface area contributed by atoms with Crippen LogP contribution in [0.25, 0.3) is 10.9 Å². The minimum atomic E-state index is -1.45. The van der Waals surface area contributed by atoms with Gasteiger partial charge in [0.25, 0.3) is 0 Å². The van der Waals surface area contributed by atoms with Gasteiger partial charge in [0.05, 0.1) is 23.9 Å². The van der Waals surface area contributed by atoms with Gasteiger partial charge in [-0.1, -0.05) is 12.1 Å². The van der Waals surface area contributed by atoms with Crippen molar-refractivity contribution < 1.29 is 23.9 Å². The molecule has 0 amide bonds. The molecular formula is C16H17NO6. The van der Waals surface area contributed by atoms with Crippen LogP contribution in [0.5, 0.6) is 0 Å². The Morgan fingerprint density at radius 2 is 1.83 bits per heavy atom. The van der Waals surface area contributed by atoms with Gasteiger partial charge in [-0.15, -0.1) is 0 Å². The van der Waals surface area contributed by atoms with Gasteiger partial charge < -0.3 is 14.3 Å². The Labute approximate surface area is 132 Å². The van der Waals surface area contributed by atoms with Crippen LogP contribution in [0.4, 0.5) is 0 Å². The molecule has 0 radical (unpaired) electrons. The van der Waals surface area contributed by atoms with Crippen molar-refractivity contribution in [2.45, 2.75) is 20.0 Å². The molecule has 7 nitrogen and oxygen atoms in total. The van der Waals surface area contributed by atoms with Crippen LogP contribution in [0, 0.1) is 6.92 Å². The number of methoxy groups -OCH3 is 1. The Hall–Kier alpha value is -2.83. The number of hydrogen-bond donors (Lipinski definition) is 0. The van der Waals surface area contributed by atoms with Crippen molar-refractivity contribution in [3.8, 4) is 0 Å². The summed E-state index contributed by atoms with van der Waals surface area (Å²) in [5, 5.41) is 0.344. The molecule has 23 heavy (non-hydrogen) atoms. The molecule has 0 bridgehead atoms. The topological polar surface area (TPSA) is 83.8 Å². The number of benzene rings is 1. The molecule has 0 N–H and O–H groups in total. The van der Waals surface area contributed by atoms with Crippen LogP contribution in [0.1, 0.15) is 24.3 Å². The molecule has 1 unspecified atom stereocenters. The number of carbonyl (C=O) groups is 2. The first-order chi connectivity index (χ1) is 10.9. The third kappa shape index (κ3) is 2.90. The second-order valence-corrected chi connectivity index (χ2v) is 4.83. The fourth-order valence-corrected chi connectivity index (χ4v) is 2.48. The average Bonchev–Trinajstić information content (AvgIpc) is 2.53. The van der Waals surface area contributed by atoms with Crippen LogP contribution < -0.4 is 10.3 Å². The van der Waals surface area contributed by atoms with Crippen molar-refractivity contribution >= 4 is 22.8 Å². The van der Waals surface area contributed by atoms with Crippen molar-refractivity contribution in [2.75, 3.05) is 14.2 Å². The van der Waals surface area contributed by atoms with E-state index in [1.807, 2.05) is 0 Å². The summed E-state index contributed by atoms with van der Waals surface area (Å²) in [7, 11) is 2.59. The molecule has 0 aliphatic carbocycles. The van der Waals surface area contributed by atoms with Crippen LogP contribution >= 0.6 is 0 Å². The summed E-state index contributed by atoms with van der Waals surface area (Å²) < 4.78 is 11.1. The van der Waals surface area contributed by atoms with Gasteiger partial charge in [0.15, 0.2) is 5.43 Å². The quantitative estimate of drug-likeness (QED) is 0.786. The van der Waals surface area contributed by atoms with Crippen molar-refractivity contribution in [1.82, 2.24) is 4.73 Å². The van der Waals surface area contributed by atoms with Gasteiger partial charge in [-0.25, -0.2) is 4.79 Å². The van der Waals surface area contributed by atoms with Crippen LogP contribution in [0.15, 0.2) is 29.1 Å². The van der Waals surface area contributed by atoms with E-state index in [4.69, 9.17) is 9.57 Å². The average molecular weight is 319 g/mol. The molecule has 0 aliphatic heterocycles. The van der Waals surface area contributed by atoms with E-state index in [0.717, 1.165) is 14.0 Å². The summed E-state index contributed by atoms with van der Waals surface area (Å²) in [5.41, 5.74) is 0.496. The van der Waals surface area contributed by atoms with Crippen molar-refractivity contribution in [1.29, 1.82) is 0 Å². The van der Waals surface area contributed by atoms with Crippen molar-refractivity contribution in [3.63, 3.8) is 0 Å². The zero-order valence-electron chi connectivity index (χ0n) is 13.3. The first-order valence-corrected chi connectivity index (χ1v) is 6.86. The van der Waals surface area contributed by atoms with Gasteiger partial charge in [0.2, 0.25) is 6.10 Å². The number of para-hydroxylation sites is 1. The summed E-state index contributed by atoms with van der Waals surface area (Å²) in [6.45, 7) is 2.76. The van der Waals surface area contributed by atoms with Gasteiger partial charge in [0, 0.05) is 12.3 Å². The minimum Gasteiger partial charge on any atom is -0.466 e. The Morgan fingerprint density at radius 3 is 2.39 bits per heavy atom. The van der Waals surface area contributed by atoms with Crippen LogP contribution in [0.3, 0.4) is 0 Å². The minimum absolute atomic E-state index is 0.00704. The zero-order valence-corrected chi connectivity index (χ0v) is 13.3. The number of rotatable bonds is 4. The molecule has 122 valence electrons. The van der Waals surface area contributed by atoms with Crippen LogP contribution in [-0.2, 0) is 19.1 Å². The highest BCUT2D eigenvalue weighted by Gasteiger charge is 2.31. The first kappa shape index (κ1) is 16.5. The number of aromatic nitrogens is 1. The first-order valence-electron chi connectivity index (χ1n) is 6.86. The van der Waals surface area contributed by atoms with Gasteiger partial charge in [-0.3, -0.25) is 9.59 Å². The molecule has 1 heterocycles. The molecule has 0 spiro atoms. The molecule has 0 fully saturated rings. The third-order valence-electron chi connectivity index (χ3n) is 3.45. The van der Waals surface area contributed by atoms with E-state index in [9.17, 15) is 14.4 Å². The molecule has 2 aromatic rings. The van der Waals surface area contributed by atoms with Gasteiger partial charge >= 0.3 is 11.9 Å². The largest absolute Gasteiger partial charge is 0.466 e. The second-order valence-electron chi connectivity index (χ2n) is 4.83. The lowest BCUT2D eigenvalue weighted by atomic mass is 10.0. The molecule has 1 atom stereocenters. The SMILES string of the molecule is COC(=O)C(OC(C)=O)c1c(C)n(OC)c2ccccc2c1=O. The predicted molar refractivity (Wildman–Crippen MR) is 82.0 cm³/mol. The normalized spacial score (nSPS) is 11.8. The molecule has 0 aliphatic rings. The Bertz CT molecular complexity index is 823. The summed E-state index contributed by atoms with van der Waals surface area (Å²) in [6.07, 6.45) is -1.45. The highest BCUT2D eigenvalue weighted by atomic mass is 16.6. The summed E-state index contributed by atoms with van der Waals surface area (Å²) in [4.78, 5) is 41.4. The van der Waals surface area contributed by atoms with Gasteiger partial charge in [-0.05, 0) is 19.1 Å². The summed E-state index contributed by atoms with van der Waals surface area (Å²) in [6, 6.07) is 6.79. The van der Waals surface area contributed by atoms with Crippen molar-refractivity contribution in [2.24, 2.45) is 0 Å².